The first-order chi connectivity index (χ1) is 20.9. The Bertz CT molecular complexity index is 1410. The van der Waals surface area contributed by atoms with Crippen molar-refractivity contribution in [3.8, 4) is 0 Å². The van der Waals surface area contributed by atoms with Gasteiger partial charge in [-0.1, -0.05) is 50.1 Å². The predicted molar refractivity (Wildman–Crippen MR) is 171 cm³/mol. The summed E-state index contributed by atoms with van der Waals surface area (Å²) in [7, 11) is -3.17. The van der Waals surface area contributed by atoms with Crippen LogP contribution in [0.2, 0.25) is 0 Å². The molecule has 2 heterocycles. The lowest BCUT2D eigenvalue weighted by Gasteiger charge is -2.54. The third-order valence-electron chi connectivity index (χ3n) is 13.3. The number of fused-ring (bicyclic) bond motifs is 6. The molecule has 0 aromatic heterocycles. The fraction of sp³-hybridized carbons (Fsp3) is 0.750. The number of allylic oxidation sites excluding steroid dienone is 1. The lowest BCUT2D eigenvalue weighted by Crippen LogP contribution is -2.52. The van der Waals surface area contributed by atoms with Crippen molar-refractivity contribution in [2.45, 2.75) is 116 Å². The van der Waals surface area contributed by atoms with Crippen LogP contribution in [0.5, 0.6) is 0 Å². The van der Waals surface area contributed by atoms with Gasteiger partial charge in [-0.2, -0.15) is 0 Å². The quantitative estimate of drug-likeness (QED) is 0.385. The van der Waals surface area contributed by atoms with E-state index in [1.54, 1.807) is 11.1 Å². The molecule has 11 atom stereocenters. The molecule has 0 radical (unpaired) electrons. The number of benzene rings is 1. The molecule has 1 aromatic carbocycles. The minimum atomic E-state index is -3.17. The number of hydrogen-bond acceptors (Lipinski definition) is 6. The van der Waals surface area contributed by atoms with E-state index in [2.05, 4.69) is 32.4 Å². The standard InChI is InChI=1S/C36H52N2O5S/c1-22-17-32-33(38(21-22)43-34(39)25-9-7-6-8-10-25)24(3)36(42-32)16-14-28-29-12-11-26-18-27(37-44(5,40)41)13-15-35(26,4)31(29)19-30(28)23(2)20-36/h6-10,22,24,26-29,31-33,37H,11-21H2,1-5H3/t22-,24+,26+,27+,28?,29-,31-,32+,33?,35-,36-/m0/s1. The van der Waals surface area contributed by atoms with E-state index in [-0.39, 0.29) is 35.7 Å². The highest BCUT2D eigenvalue weighted by atomic mass is 32.2. The molecule has 2 saturated heterocycles. The van der Waals surface area contributed by atoms with E-state index in [4.69, 9.17) is 9.57 Å². The minimum absolute atomic E-state index is 0.0749. The van der Waals surface area contributed by atoms with E-state index in [1.165, 1.54) is 31.9 Å². The SMILES string of the molecule is CC1=C2C[C@H]3[C@@H](CC[C@@H]4C[C@H](NS(C)(=O)=O)CC[C@@]43C)C2CC[C@@]2(C1)O[C@@H]1C[C@H](C)CN(OC(=O)c3ccccc3)C1[C@H]2C. The van der Waals surface area contributed by atoms with Crippen LogP contribution < -0.4 is 4.72 Å². The number of hydrogen-bond donors (Lipinski definition) is 1. The van der Waals surface area contributed by atoms with Crippen molar-refractivity contribution < 1.29 is 22.8 Å². The van der Waals surface area contributed by atoms with Crippen LogP contribution in [-0.2, 0) is 19.6 Å². The van der Waals surface area contributed by atoms with Crippen LogP contribution in [0.3, 0.4) is 0 Å². The first-order valence-corrected chi connectivity index (χ1v) is 19.1. The van der Waals surface area contributed by atoms with Crippen molar-refractivity contribution in [3.63, 3.8) is 0 Å². The van der Waals surface area contributed by atoms with Crippen LogP contribution in [0, 0.1) is 40.9 Å². The van der Waals surface area contributed by atoms with Gasteiger partial charge in [-0.15, -0.1) is 5.06 Å². The largest absolute Gasteiger partial charge is 0.369 e. The first kappa shape index (κ1) is 30.9. The molecule has 3 saturated carbocycles. The Morgan fingerprint density at radius 2 is 1.84 bits per heavy atom. The smallest absolute Gasteiger partial charge is 0.357 e. The van der Waals surface area contributed by atoms with Gasteiger partial charge in [0.15, 0.2) is 0 Å². The van der Waals surface area contributed by atoms with Crippen molar-refractivity contribution in [3.05, 3.63) is 47.0 Å². The number of hydroxylamine groups is 2. The molecule has 1 aromatic rings. The van der Waals surface area contributed by atoms with Crippen LogP contribution >= 0.6 is 0 Å². The normalized spacial score (nSPS) is 44.0. The predicted octanol–water partition coefficient (Wildman–Crippen LogP) is 6.51. The van der Waals surface area contributed by atoms with Crippen molar-refractivity contribution in [2.75, 3.05) is 12.8 Å². The van der Waals surface area contributed by atoms with Crippen LogP contribution in [0.1, 0.15) is 102 Å². The zero-order valence-electron chi connectivity index (χ0n) is 27.3. The molecule has 2 unspecified atom stereocenters. The maximum absolute atomic E-state index is 13.1. The van der Waals surface area contributed by atoms with Gasteiger partial charge in [0.2, 0.25) is 10.0 Å². The highest BCUT2D eigenvalue weighted by Crippen LogP contribution is 2.65. The second-order valence-electron chi connectivity index (χ2n) is 15.9. The van der Waals surface area contributed by atoms with E-state index in [0.717, 1.165) is 51.0 Å². The Hall–Kier alpha value is -1.74. The molecule has 7 nitrogen and oxygen atoms in total. The van der Waals surface area contributed by atoms with Gasteiger partial charge in [0.05, 0.1) is 29.6 Å². The molecule has 4 aliphatic carbocycles. The maximum Gasteiger partial charge on any atom is 0.357 e. The van der Waals surface area contributed by atoms with Gasteiger partial charge >= 0.3 is 5.97 Å². The van der Waals surface area contributed by atoms with Gasteiger partial charge in [-0.3, -0.25) is 0 Å². The van der Waals surface area contributed by atoms with E-state index in [0.29, 0.717) is 34.7 Å². The third kappa shape index (κ3) is 5.29. The van der Waals surface area contributed by atoms with Crippen LogP contribution in [0.4, 0.5) is 0 Å². The number of ether oxygens (including phenoxy) is 1. The summed E-state index contributed by atoms with van der Waals surface area (Å²) in [6.45, 7) is 10.3. The number of nitrogens with one attached hydrogen (secondary N) is 1. The number of rotatable bonds is 4. The molecule has 0 bridgehead atoms. The van der Waals surface area contributed by atoms with Crippen molar-refractivity contribution in [1.29, 1.82) is 0 Å². The van der Waals surface area contributed by atoms with E-state index >= 15 is 0 Å². The van der Waals surface area contributed by atoms with Gasteiger partial charge in [0, 0.05) is 18.5 Å². The molecule has 0 amide bonds. The van der Waals surface area contributed by atoms with Crippen molar-refractivity contribution in [1.82, 2.24) is 9.79 Å². The van der Waals surface area contributed by atoms with E-state index < -0.39 is 10.0 Å². The Balaban J connectivity index is 1.10. The van der Waals surface area contributed by atoms with E-state index in [9.17, 15) is 13.2 Å². The Labute approximate surface area is 264 Å². The second-order valence-corrected chi connectivity index (χ2v) is 17.7. The Morgan fingerprint density at radius 1 is 1.07 bits per heavy atom. The zero-order chi connectivity index (χ0) is 31.0. The minimum Gasteiger partial charge on any atom is -0.369 e. The first-order valence-electron chi connectivity index (χ1n) is 17.2. The summed E-state index contributed by atoms with van der Waals surface area (Å²) in [5, 5.41) is 1.98. The molecule has 1 spiro atoms. The van der Waals surface area contributed by atoms with Gasteiger partial charge in [-0.05, 0) is 118 Å². The van der Waals surface area contributed by atoms with Gasteiger partial charge in [0.25, 0.3) is 0 Å². The monoisotopic (exact) mass is 624 g/mol. The summed E-state index contributed by atoms with van der Waals surface area (Å²) < 4.78 is 34.0. The molecule has 242 valence electrons. The van der Waals surface area contributed by atoms with Crippen LogP contribution in [-0.4, -0.2) is 56.0 Å². The lowest BCUT2D eigenvalue weighted by atomic mass is 9.52. The van der Waals surface area contributed by atoms with Gasteiger partial charge in [0.1, 0.15) is 0 Å². The second kappa shape index (κ2) is 11.2. The highest BCUT2D eigenvalue weighted by molar-refractivity contribution is 7.88. The van der Waals surface area contributed by atoms with Crippen LogP contribution in [0.25, 0.3) is 0 Å². The summed E-state index contributed by atoms with van der Waals surface area (Å²) in [5.41, 5.74) is 3.91. The van der Waals surface area contributed by atoms with Crippen LogP contribution in [0.15, 0.2) is 41.5 Å². The zero-order valence-corrected chi connectivity index (χ0v) is 28.1. The average Bonchev–Trinajstić information content (AvgIpc) is 3.43. The maximum atomic E-state index is 13.1. The average molecular weight is 625 g/mol. The molecule has 2 aliphatic heterocycles. The number of carbonyl (C=O) groups excluding carboxylic acids is 1. The van der Waals surface area contributed by atoms with Gasteiger partial charge < -0.3 is 9.57 Å². The third-order valence-corrected chi connectivity index (χ3v) is 14.1. The summed E-state index contributed by atoms with van der Waals surface area (Å²) in [6.07, 6.45) is 12.3. The molecule has 7 rings (SSSR count). The molecular formula is C36H52N2O5S. The molecular weight excluding hydrogens is 572 g/mol. The van der Waals surface area contributed by atoms with Gasteiger partial charge in [-0.25, -0.2) is 17.9 Å². The number of carbonyl (C=O) groups is 1. The number of sulfonamides is 1. The van der Waals surface area contributed by atoms with Crippen molar-refractivity contribution in [2.24, 2.45) is 40.9 Å². The molecule has 44 heavy (non-hydrogen) atoms. The van der Waals surface area contributed by atoms with E-state index in [1.807, 2.05) is 35.4 Å². The Kier molecular flexibility index (Phi) is 7.87. The topological polar surface area (TPSA) is 84.9 Å². The summed E-state index contributed by atoms with van der Waals surface area (Å²) in [4.78, 5) is 19.2. The molecule has 8 heteroatoms. The highest BCUT2D eigenvalue weighted by Gasteiger charge is 2.61. The fourth-order valence-electron chi connectivity index (χ4n) is 11.2. The molecule has 5 fully saturated rings. The molecule has 1 N–H and O–H groups in total. The van der Waals surface area contributed by atoms with Crippen molar-refractivity contribution >= 4 is 16.0 Å². The fourth-order valence-corrected chi connectivity index (χ4v) is 12.1. The summed E-state index contributed by atoms with van der Waals surface area (Å²) >= 11 is 0. The number of nitrogens with zero attached hydrogens (tertiary/aromatic N) is 1. The summed E-state index contributed by atoms with van der Waals surface area (Å²) in [6, 6.07) is 9.49. The molecule has 6 aliphatic rings. The number of piperidine rings is 1. The Morgan fingerprint density at radius 3 is 2.59 bits per heavy atom. The summed E-state index contributed by atoms with van der Waals surface area (Å²) in [5.74, 6) is 3.02. The lowest BCUT2D eigenvalue weighted by molar-refractivity contribution is -0.182.